The van der Waals surface area contributed by atoms with E-state index in [0.29, 0.717) is 19.4 Å². The van der Waals surface area contributed by atoms with Gasteiger partial charge in [-0.15, -0.1) is 0 Å². The molecule has 2 aliphatic rings. The fourth-order valence-electron chi connectivity index (χ4n) is 2.95. The van der Waals surface area contributed by atoms with Gasteiger partial charge in [-0.2, -0.15) is 0 Å². The normalized spacial score (nSPS) is 29.2. The van der Waals surface area contributed by atoms with E-state index in [4.69, 9.17) is 19.7 Å². The van der Waals surface area contributed by atoms with Crippen LogP contribution in [-0.2, 0) is 19.1 Å². The number of carboxylic acids is 2. The zero-order valence-corrected chi connectivity index (χ0v) is 15.4. The molecular weight excluding hydrogens is 328 g/mol. The van der Waals surface area contributed by atoms with Gasteiger partial charge in [-0.05, 0) is 19.9 Å². The molecule has 0 saturated carbocycles. The summed E-state index contributed by atoms with van der Waals surface area (Å²) in [5.74, 6) is -1.53. The van der Waals surface area contributed by atoms with Crippen molar-refractivity contribution in [2.75, 3.05) is 33.4 Å². The summed E-state index contributed by atoms with van der Waals surface area (Å²) < 4.78 is 10.9. The molecule has 25 heavy (non-hydrogen) atoms. The maximum absolute atomic E-state index is 10.7. The van der Waals surface area contributed by atoms with Crippen LogP contribution in [0.2, 0.25) is 0 Å². The summed E-state index contributed by atoms with van der Waals surface area (Å²) in [5, 5.41) is 20.4. The van der Waals surface area contributed by atoms with E-state index in [9.17, 15) is 9.59 Å². The number of rotatable bonds is 8. The van der Waals surface area contributed by atoms with Crippen LogP contribution in [0.5, 0.6) is 0 Å². The first-order valence-corrected chi connectivity index (χ1v) is 9.01. The summed E-state index contributed by atoms with van der Waals surface area (Å²) in [6, 6.07) is -0.770. The maximum atomic E-state index is 10.7. The molecule has 146 valence electrons. The van der Waals surface area contributed by atoms with Crippen molar-refractivity contribution >= 4 is 11.9 Å². The monoisotopic (exact) mass is 360 g/mol. The summed E-state index contributed by atoms with van der Waals surface area (Å²) in [6.07, 6.45) is 3.37. The summed E-state index contributed by atoms with van der Waals surface area (Å²) in [6.45, 7) is 6.93. The Morgan fingerprint density at radius 3 is 2.08 bits per heavy atom. The van der Waals surface area contributed by atoms with Gasteiger partial charge in [0.1, 0.15) is 12.1 Å². The van der Waals surface area contributed by atoms with Gasteiger partial charge in [-0.1, -0.05) is 13.8 Å². The lowest BCUT2D eigenvalue weighted by atomic mass is 10.2. The van der Waals surface area contributed by atoms with Crippen molar-refractivity contribution in [3.63, 3.8) is 0 Å². The lowest BCUT2D eigenvalue weighted by Crippen LogP contribution is -2.32. The Hall–Kier alpha value is -1.22. The van der Waals surface area contributed by atoms with Crippen LogP contribution in [0.25, 0.3) is 0 Å². The van der Waals surface area contributed by atoms with Crippen LogP contribution in [-0.4, -0.2) is 84.7 Å². The van der Waals surface area contributed by atoms with Crippen LogP contribution in [0.3, 0.4) is 0 Å². The molecule has 0 bridgehead atoms. The van der Waals surface area contributed by atoms with Gasteiger partial charge in [-0.25, -0.2) is 0 Å². The smallest absolute Gasteiger partial charge is 0.321 e. The van der Waals surface area contributed by atoms with Crippen LogP contribution < -0.4 is 5.32 Å². The van der Waals surface area contributed by atoms with Gasteiger partial charge in [0.05, 0.1) is 12.2 Å². The highest BCUT2D eigenvalue weighted by molar-refractivity contribution is 5.74. The molecule has 8 heteroatoms. The second kappa shape index (κ2) is 11.4. The molecule has 2 heterocycles. The number of aliphatic carboxylic acids is 2. The van der Waals surface area contributed by atoms with Crippen molar-refractivity contribution in [1.29, 1.82) is 0 Å². The first kappa shape index (κ1) is 21.8. The highest BCUT2D eigenvalue weighted by Gasteiger charge is 2.34. The standard InChI is InChI=1S/C9H17NO3.C8H15NO3/c1-3-4-13-7-5-8(9(11)12)10(2)6-7;1-2-3-12-6-4-7(8(10)11)9-5-6/h7-8H,3-6H2,1-2H3,(H,11,12);6-7,9H,2-5H2,1H3,(H,10,11)/t7-,8-;6-,7-/m00/s1. The Morgan fingerprint density at radius 1 is 1.04 bits per heavy atom. The molecule has 2 aliphatic heterocycles. The molecule has 2 rings (SSSR count). The highest BCUT2D eigenvalue weighted by atomic mass is 16.5. The van der Waals surface area contributed by atoms with Gasteiger partial charge < -0.3 is 25.0 Å². The van der Waals surface area contributed by atoms with Crippen molar-refractivity contribution in [3.8, 4) is 0 Å². The number of ether oxygens (including phenoxy) is 2. The van der Waals surface area contributed by atoms with Crippen LogP contribution >= 0.6 is 0 Å². The van der Waals surface area contributed by atoms with E-state index < -0.39 is 18.0 Å². The molecule has 0 aromatic rings. The van der Waals surface area contributed by atoms with E-state index >= 15 is 0 Å². The Labute approximate surface area is 149 Å². The number of carbonyl (C=O) groups is 2. The second-order valence-electron chi connectivity index (χ2n) is 6.55. The quantitative estimate of drug-likeness (QED) is 0.583. The third-order valence-corrected chi connectivity index (χ3v) is 4.30. The van der Waals surface area contributed by atoms with E-state index in [1.165, 1.54) is 0 Å². The molecule has 0 aliphatic carbocycles. The average molecular weight is 360 g/mol. The van der Waals surface area contributed by atoms with Crippen LogP contribution in [0.4, 0.5) is 0 Å². The minimum Gasteiger partial charge on any atom is -0.480 e. The number of hydrogen-bond donors (Lipinski definition) is 3. The van der Waals surface area contributed by atoms with E-state index in [1.807, 2.05) is 25.8 Å². The molecule has 0 amide bonds. The number of carboxylic acid groups (broad SMARTS) is 2. The molecule has 0 spiro atoms. The number of hydrogen-bond acceptors (Lipinski definition) is 6. The minimum atomic E-state index is -0.780. The topological polar surface area (TPSA) is 108 Å². The first-order chi connectivity index (χ1) is 11.9. The van der Waals surface area contributed by atoms with Crippen molar-refractivity contribution in [2.45, 2.75) is 63.8 Å². The average Bonchev–Trinajstić information content (AvgIpc) is 3.18. The number of likely N-dealkylation sites (tertiary alicyclic amines) is 1. The largest absolute Gasteiger partial charge is 0.480 e. The Bertz CT molecular complexity index is 420. The SMILES string of the molecule is CCCO[C@@H]1CN[C@H](C(=O)O)C1.CCCO[C@H]1C[C@@H](C(=O)O)N(C)C1. The van der Waals surface area contributed by atoms with Gasteiger partial charge in [0.25, 0.3) is 0 Å². The second-order valence-corrected chi connectivity index (χ2v) is 6.55. The molecule has 0 radical (unpaired) electrons. The zero-order valence-electron chi connectivity index (χ0n) is 15.4. The van der Waals surface area contributed by atoms with Crippen LogP contribution in [0, 0.1) is 0 Å². The van der Waals surface area contributed by atoms with Gasteiger partial charge >= 0.3 is 11.9 Å². The third-order valence-electron chi connectivity index (χ3n) is 4.30. The Morgan fingerprint density at radius 2 is 1.64 bits per heavy atom. The molecule has 0 aromatic heterocycles. The molecular formula is C17H32N2O6. The molecule has 2 fully saturated rings. The Kier molecular flexibility index (Phi) is 9.96. The maximum Gasteiger partial charge on any atom is 0.321 e. The van der Waals surface area contributed by atoms with E-state index in [0.717, 1.165) is 32.6 Å². The van der Waals surface area contributed by atoms with Crippen molar-refractivity contribution < 1.29 is 29.3 Å². The Balaban J connectivity index is 0.000000251. The molecule has 4 atom stereocenters. The van der Waals surface area contributed by atoms with Crippen LogP contribution in [0.1, 0.15) is 39.5 Å². The van der Waals surface area contributed by atoms with Crippen LogP contribution in [0.15, 0.2) is 0 Å². The number of nitrogens with one attached hydrogen (secondary N) is 1. The van der Waals surface area contributed by atoms with E-state index in [1.54, 1.807) is 0 Å². The zero-order chi connectivity index (χ0) is 18.8. The summed E-state index contributed by atoms with van der Waals surface area (Å²) in [7, 11) is 1.83. The highest BCUT2D eigenvalue weighted by Crippen LogP contribution is 2.18. The van der Waals surface area contributed by atoms with Gasteiger partial charge in [0, 0.05) is 39.1 Å². The van der Waals surface area contributed by atoms with E-state index in [-0.39, 0.29) is 18.2 Å². The first-order valence-electron chi connectivity index (χ1n) is 9.01. The molecule has 8 nitrogen and oxygen atoms in total. The molecule has 0 aromatic carbocycles. The lowest BCUT2D eigenvalue weighted by Gasteiger charge is -2.13. The summed E-state index contributed by atoms with van der Waals surface area (Å²) >= 11 is 0. The third kappa shape index (κ3) is 7.68. The van der Waals surface area contributed by atoms with Crippen molar-refractivity contribution in [1.82, 2.24) is 10.2 Å². The molecule has 3 N–H and O–H groups in total. The fraction of sp³-hybridized carbons (Fsp3) is 0.882. The van der Waals surface area contributed by atoms with Gasteiger partial charge in [-0.3, -0.25) is 14.5 Å². The summed E-state index contributed by atoms with van der Waals surface area (Å²) in [5.41, 5.74) is 0. The van der Waals surface area contributed by atoms with Gasteiger partial charge in [0.15, 0.2) is 0 Å². The molecule has 0 unspecified atom stereocenters. The predicted molar refractivity (Wildman–Crippen MR) is 92.8 cm³/mol. The van der Waals surface area contributed by atoms with Gasteiger partial charge in [0.2, 0.25) is 0 Å². The lowest BCUT2D eigenvalue weighted by molar-refractivity contribution is -0.142. The number of nitrogens with zero attached hydrogens (tertiary/aromatic N) is 1. The minimum absolute atomic E-state index is 0.0889. The van der Waals surface area contributed by atoms with E-state index in [2.05, 4.69) is 5.32 Å². The fourth-order valence-corrected chi connectivity index (χ4v) is 2.95. The van der Waals surface area contributed by atoms with Crippen molar-refractivity contribution in [3.05, 3.63) is 0 Å². The predicted octanol–water partition coefficient (Wildman–Crippen LogP) is 0.798. The summed E-state index contributed by atoms with van der Waals surface area (Å²) in [4.78, 5) is 23.1. The van der Waals surface area contributed by atoms with Crippen molar-refractivity contribution in [2.24, 2.45) is 0 Å². The number of likely N-dealkylation sites (N-methyl/N-ethyl adjacent to an activating group) is 1. The molecule has 2 saturated heterocycles.